The molecule has 0 bridgehead atoms. The molecule has 1 aliphatic rings. The van der Waals surface area contributed by atoms with E-state index in [0.29, 0.717) is 34.9 Å². The summed E-state index contributed by atoms with van der Waals surface area (Å²) in [6.45, 7) is 4.92. The zero-order chi connectivity index (χ0) is 28.4. The molecular formula is C32H37ClN4O2S. The lowest BCUT2D eigenvalue weighted by molar-refractivity contribution is 0.0572. The van der Waals surface area contributed by atoms with Crippen molar-refractivity contribution in [1.82, 2.24) is 14.8 Å². The Morgan fingerprint density at radius 3 is 2.48 bits per heavy atom. The first kappa shape index (κ1) is 28.4. The maximum Gasteiger partial charge on any atom is 0.266 e. The summed E-state index contributed by atoms with van der Waals surface area (Å²) in [4.78, 5) is 23.7. The van der Waals surface area contributed by atoms with Crippen LogP contribution in [0.5, 0.6) is 5.75 Å². The number of amides is 1. The number of benzene rings is 2. The molecule has 0 aliphatic heterocycles. The van der Waals surface area contributed by atoms with Gasteiger partial charge in [0, 0.05) is 45.5 Å². The Balaban J connectivity index is 1.55. The van der Waals surface area contributed by atoms with Gasteiger partial charge >= 0.3 is 0 Å². The normalized spacial score (nSPS) is 17.4. The van der Waals surface area contributed by atoms with Crippen LogP contribution in [0.25, 0.3) is 21.2 Å². The van der Waals surface area contributed by atoms with Crippen molar-refractivity contribution in [3.8, 4) is 16.9 Å². The standard InChI is InChI=1S/C32H37ClN4O2S/c1-5-39-27-16-10-21(25-15-17-29(34)35-20(25)2)18-22(27)19-37(24-13-11-23(12-14-24)36(3)4)32(38)31-30(33)26-8-6-7-9-28(26)40-31/h6-10,15-18,23-24H,5,11-14,19H2,1-4H3,(H2,34,35). The molecule has 0 saturated heterocycles. The molecule has 40 heavy (non-hydrogen) atoms. The van der Waals surface area contributed by atoms with Crippen molar-refractivity contribution in [3.63, 3.8) is 0 Å². The van der Waals surface area contributed by atoms with Crippen LogP contribution >= 0.6 is 22.9 Å². The number of halogens is 1. The second-order valence-corrected chi connectivity index (χ2v) is 12.2. The van der Waals surface area contributed by atoms with Gasteiger partial charge in [-0.05, 0) is 89.5 Å². The molecule has 2 N–H and O–H groups in total. The summed E-state index contributed by atoms with van der Waals surface area (Å²) in [6.07, 6.45) is 4.00. The van der Waals surface area contributed by atoms with Gasteiger partial charge in [0.2, 0.25) is 0 Å². The Morgan fingerprint density at radius 2 is 1.80 bits per heavy atom. The van der Waals surface area contributed by atoms with E-state index >= 15 is 0 Å². The molecule has 1 fully saturated rings. The molecule has 6 nitrogen and oxygen atoms in total. The lowest BCUT2D eigenvalue weighted by atomic mass is 9.89. The number of carbonyl (C=O) groups is 1. The number of aryl methyl sites for hydroxylation is 1. The first-order chi connectivity index (χ1) is 19.3. The summed E-state index contributed by atoms with van der Waals surface area (Å²) in [5.74, 6) is 1.27. The van der Waals surface area contributed by atoms with Crippen molar-refractivity contribution in [2.24, 2.45) is 0 Å². The van der Waals surface area contributed by atoms with Crippen LogP contribution < -0.4 is 10.5 Å². The molecule has 1 saturated carbocycles. The first-order valence-electron chi connectivity index (χ1n) is 13.9. The van der Waals surface area contributed by atoms with Gasteiger partial charge in [-0.3, -0.25) is 4.79 Å². The summed E-state index contributed by atoms with van der Waals surface area (Å²) in [6, 6.07) is 18.6. The molecule has 0 spiro atoms. The monoisotopic (exact) mass is 576 g/mol. The highest BCUT2D eigenvalue weighted by molar-refractivity contribution is 7.21. The smallest absolute Gasteiger partial charge is 0.266 e. The number of fused-ring (bicyclic) bond motifs is 1. The Morgan fingerprint density at radius 1 is 1.07 bits per heavy atom. The highest BCUT2D eigenvalue weighted by atomic mass is 35.5. The summed E-state index contributed by atoms with van der Waals surface area (Å²) in [7, 11) is 4.28. The van der Waals surface area contributed by atoms with Gasteiger partial charge in [0.25, 0.3) is 5.91 Å². The van der Waals surface area contributed by atoms with Gasteiger partial charge < -0.3 is 20.3 Å². The largest absolute Gasteiger partial charge is 0.494 e. The van der Waals surface area contributed by atoms with Crippen LogP contribution in [0.4, 0.5) is 5.82 Å². The predicted octanol–water partition coefficient (Wildman–Crippen LogP) is 7.42. The average molecular weight is 577 g/mol. The Labute approximate surface area is 245 Å². The summed E-state index contributed by atoms with van der Waals surface area (Å²) < 4.78 is 7.09. The second-order valence-electron chi connectivity index (χ2n) is 10.7. The fourth-order valence-corrected chi connectivity index (χ4v) is 7.24. The highest BCUT2D eigenvalue weighted by Gasteiger charge is 2.33. The van der Waals surface area contributed by atoms with Gasteiger partial charge in [0.05, 0.1) is 11.6 Å². The maximum absolute atomic E-state index is 14.3. The number of hydrogen-bond acceptors (Lipinski definition) is 6. The van der Waals surface area contributed by atoms with E-state index in [-0.39, 0.29) is 11.9 Å². The van der Waals surface area contributed by atoms with E-state index < -0.39 is 0 Å². The SMILES string of the molecule is CCOc1ccc(-c2ccc(N)nc2C)cc1CN(C(=O)c1sc2ccccc2c1Cl)C1CCC(N(C)C)CC1. The minimum absolute atomic E-state index is 0.0160. The Hall–Kier alpha value is -3.13. The van der Waals surface area contributed by atoms with Crippen molar-refractivity contribution in [2.45, 2.75) is 58.2 Å². The predicted molar refractivity (Wildman–Crippen MR) is 166 cm³/mol. The molecule has 0 radical (unpaired) electrons. The number of anilines is 1. The number of thiophene rings is 1. The number of nitrogens with zero attached hydrogens (tertiary/aromatic N) is 3. The van der Waals surface area contributed by atoms with E-state index in [1.807, 2.05) is 67.3 Å². The molecule has 2 aromatic heterocycles. The molecular weight excluding hydrogens is 540 g/mol. The fourth-order valence-electron chi connectivity index (χ4n) is 5.77. The minimum atomic E-state index is -0.0160. The summed E-state index contributed by atoms with van der Waals surface area (Å²) >= 11 is 8.31. The number of nitrogens with two attached hydrogens (primary N) is 1. The number of rotatable bonds is 8. The molecule has 0 atom stereocenters. The van der Waals surface area contributed by atoms with Gasteiger partial charge in [-0.1, -0.05) is 35.9 Å². The van der Waals surface area contributed by atoms with Crippen LogP contribution in [0.2, 0.25) is 5.02 Å². The van der Waals surface area contributed by atoms with Crippen LogP contribution in [0.1, 0.15) is 53.5 Å². The lowest BCUT2D eigenvalue weighted by Gasteiger charge is -2.39. The number of nitrogen functional groups attached to an aromatic ring is 1. The minimum Gasteiger partial charge on any atom is -0.494 e. The van der Waals surface area contributed by atoms with E-state index in [1.54, 1.807) is 0 Å². The molecule has 1 aliphatic carbocycles. The number of carbonyl (C=O) groups excluding carboxylic acids is 1. The van der Waals surface area contributed by atoms with E-state index in [4.69, 9.17) is 22.1 Å². The lowest BCUT2D eigenvalue weighted by Crippen LogP contribution is -2.44. The van der Waals surface area contributed by atoms with Gasteiger partial charge in [-0.15, -0.1) is 11.3 Å². The van der Waals surface area contributed by atoms with Crippen molar-refractivity contribution in [2.75, 3.05) is 26.4 Å². The molecule has 2 heterocycles. The number of pyridine rings is 1. The van der Waals surface area contributed by atoms with Gasteiger partial charge in [0.15, 0.2) is 0 Å². The molecule has 210 valence electrons. The fraction of sp³-hybridized carbons (Fsp3) is 0.375. The quantitative estimate of drug-likeness (QED) is 0.236. The number of hydrogen-bond donors (Lipinski definition) is 1. The molecule has 5 rings (SSSR count). The van der Waals surface area contributed by atoms with Crippen LogP contribution in [-0.4, -0.2) is 53.5 Å². The van der Waals surface area contributed by atoms with Crippen LogP contribution in [0.3, 0.4) is 0 Å². The van der Waals surface area contributed by atoms with E-state index in [0.717, 1.165) is 63.9 Å². The van der Waals surface area contributed by atoms with Crippen LogP contribution in [-0.2, 0) is 6.54 Å². The second kappa shape index (κ2) is 12.2. The van der Waals surface area contributed by atoms with E-state index in [1.165, 1.54) is 11.3 Å². The van der Waals surface area contributed by atoms with Gasteiger partial charge in [-0.25, -0.2) is 4.98 Å². The maximum atomic E-state index is 14.3. The first-order valence-corrected chi connectivity index (χ1v) is 15.1. The zero-order valence-corrected chi connectivity index (χ0v) is 25.2. The molecule has 8 heteroatoms. The molecule has 2 aromatic carbocycles. The third-order valence-corrected chi connectivity index (χ3v) is 9.61. The highest BCUT2D eigenvalue weighted by Crippen LogP contribution is 2.39. The van der Waals surface area contributed by atoms with Crippen molar-refractivity contribution < 1.29 is 9.53 Å². The molecule has 0 unspecified atom stereocenters. The average Bonchev–Trinajstić information content (AvgIpc) is 3.29. The summed E-state index contributed by atoms with van der Waals surface area (Å²) in [5.41, 5.74) is 9.78. The summed E-state index contributed by atoms with van der Waals surface area (Å²) in [5, 5.41) is 1.47. The number of ether oxygens (including phenoxy) is 1. The van der Waals surface area contributed by atoms with Crippen LogP contribution in [0.15, 0.2) is 54.6 Å². The Bertz CT molecular complexity index is 1510. The molecule has 1 amide bonds. The van der Waals surface area contributed by atoms with Gasteiger partial charge in [-0.2, -0.15) is 0 Å². The number of aromatic nitrogens is 1. The zero-order valence-electron chi connectivity index (χ0n) is 23.6. The third-order valence-electron chi connectivity index (χ3n) is 7.95. The van der Waals surface area contributed by atoms with Crippen molar-refractivity contribution in [1.29, 1.82) is 0 Å². The van der Waals surface area contributed by atoms with E-state index in [2.05, 4.69) is 30.0 Å². The van der Waals surface area contributed by atoms with Crippen molar-refractivity contribution in [3.05, 3.63) is 75.8 Å². The van der Waals surface area contributed by atoms with Crippen LogP contribution in [0, 0.1) is 6.92 Å². The third kappa shape index (κ3) is 5.82. The van der Waals surface area contributed by atoms with Gasteiger partial charge in [0.1, 0.15) is 16.4 Å². The molecule has 4 aromatic rings. The topological polar surface area (TPSA) is 71.7 Å². The Kier molecular flexibility index (Phi) is 8.64. The van der Waals surface area contributed by atoms with E-state index in [9.17, 15) is 4.79 Å². The van der Waals surface area contributed by atoms with Crippen molar-refractivity contribution >= 4 is 44.7 Å².